The molecule has 11 heavy (non-hydrogen) atoms. The minimum absolute atomic E-state index is 0.0987. The second-order valence-electron chi connectivity index (χ2n) is 3.16. The minimum Gasteiger partial charge on any atom is -0.465 e. The second kappa shape index (κ2) is 3.72. The van der Waals surface area contributed by atoms with E-state index in [2.05, 4.69) is 0 Å². The molecule has 0 bridgehead atoms. The predicted molar refractivity (Wildman–Crippen MR) is 44.1 cm³/mol. The topological polar surface area (TPSA) is 52.3 Å². The van der Waals surface area contributed by atoms with E-state index in [4.69, 9.17) is 10.5 Å². The maximum atomic E-state index is 11.2. The van der Waals surface area contributed by atoms with Crippen molar-refractivity contribution >= 4 is 5.97 Å². The lowest BCUT2D eigenvalue weighted by molar-refractivity contribution is -0.150. The van der Waals surface area contributed by atoms with Gasteiger partial charge in [0.15, 0.2) is 0 Å². The van der Waals surface area contributed by atoms with Gasteiger partial charge in [-0.3, -0.25) is 4.79 Å². The molecule has 0 aromatic rings. The first-order valence-corrected chi connectivity index (χ1v) is 3.89. The van der Waals surface area contributed by atoms with Gasteiger partial charge in [0.25, 0.3) is 0 Å². The van der Waals surface area contributed by atoms with Gasteiger partial charge in [-0.05, 0) is 19.8 Å². The molecule has 0 saturated heterocycles. The largest absolute Gasteiger partial charge is 0.465 e. The van der Waals surface area contributed by atoms with Crippen molar-refractivity contribution in [2.24, 2.45) is 11.7 Å². The molecular weight excluding hydrogens is 142 g/mol. The van der Waals surface area contributed by atoms with Crippen molar-refractivity contribution in [2.75, 3.05) is 6.61 Å². The molecule has 0 fully saturated rings. The highest BCUT2D eigenvalue weighted by Crippen LogP contribution is 2.14. The molecule has 0 aromatic heterocycles. The van der Waals surface area contributed by atoms with Crippen LogP contribution in [0.2, 0.25) is 0 Å². The quantitative estimate of drug-likeness (QED) is 0.623. The number of ether oxygens (including phenoxy) is 1. The molecule has 0 radical (unpaired) electrons. The van der Waals surface area contributed by atoms with E-state index in [1.54, 1.807) is 13.8 Å². The van der Waals surface area contributed by atoms with E-state index in [1.165, 1.54) is 0 Å². The summed E-state index contributed by atoms with van der Waals surface area (Å²) < 4.78 is 4.80. The normalized spacial score (nSPS) is 16.2. The summed E-state index contributed by atoms with van der Waals surface area (Å²) in [5, 5.41) is 0. The van der Waals surface area contributed by atoms with Crippen LogP contribution in [-0.2, 0) is 9.53 Å². The number of rotatable bonds is 3. The molecule has 2 N–H and O–H groups in total. The van der Waals surface area contributed by atoms with Crippen molar-refractivity contribution in [1.29, 1.82) is 0 Å². The fourth-order valence-electron chi connectivity index (χ4n) is 0.522. The van der Waals surface area contributed by atoms with Gasteiger partial charge in [0.2, 0.25) is 0 Å². The van der Waals surface area contributed by atoms with E-state index < -0.39 is 5.54 Å². The van der Waals surface area contributed by atoms with Crippen LogP contribution in [0.25, 0.3) is 0 Å². The molecule has 0 heterocycles. The molecule has 0 aromatic carbocycles. The van der Waals surface area contributed by atoms with Gasteiger partial charge < -0.3 is 10.5 Å². The summed E-state index contributed by atoms with van der Waals surface area (Å²) in [6.45, 7) is 7.65. The predicted octanol–water partition coefficient (Wildman–Crippen LogP) is 0.923. The Balaban J connectivity index is 4.18. The molecule has 1 atom stereocenters. The van der Waals surface area contributed by atoms with Gasteiger partial charge in [0.05, 0.1) is 6.61 Å². The SMILES string of the molecule is CCOC(=O)[C@@](C)(N)C(C)C. The van der Waals surface area contributed by atoms with E-state index in [9.17, 15) is 4.79 Å². The Hall–Kier alpha value is -0.570. The highest BCUT2D eigenvalue weighted by atomic mass is 16.5. The van der Waals surface area contributed by atoms with Crippen molar-refractivity contribution < 1.29 is 9.53 Å². The molecule has 0 amide bonds. The van der Waals surface area contributed by atoms with Gasteiger partial charge in [0, 0.05) is 0 Å². The number of hydrogen-bond acceptors (Lipinski definition) is 3. The van der Waals surface area contributed by atoms with Gasteiger partial charge >= 0.3 is 5.97 Å². The van der Waals surface area contributed by atoms with E-state index in [-0.39, 0.29) is 11.9 Å². The molecule has 66 valence electrons. The van der Waals surface area contributed by atoms with E-state index in [0.29, 0.717) is 6.61 Å². The molecule has 3 heteroatoms. The molecule has 0 aliphatic carbocycles. The Morgan fingerprint density at radius 1 is 1.64 bits per heavy atom. The zero-order valence-electron chi connectivity index (χ0n) is 7.68. The van der Waals surface area contributed by atoms with Crippen LogP contribution >= 0.6 is 0 Å². The van der Waals surface area contributed by atoms with Crippen LogP contribution in [0.15, 0.2) is 0 Å². The first-order valence-electron chi connectivity index (χ1n) is 3.89. The lowest BCUT2D eigenvalue weighted by atomic mass is 9.90. The van der Waals surface area contributed by atoms with Crippen LogP contribution in [0.5, 0.6) is 0 Å². The third kappa shape index (κ3) is 2.50. The molecule has 0 aliphatic rings. The van der Waals surface area contributed by atoms with Gasteiger partial charge in [-0.25, -0.2) is 0 Å². The lowest BCUT2D eigenvalue weighted by Crippen LogP contribution is -2.50. The standard InChI is InChI=1S/C8H17NO2/c1-5-11-7(10)8(4,9)6(2)3/h6H,5,9H2,1-4H3/t8-/m0/s1. The molecule has 0 unspecified atom stereocenters. The average molecular weight is 159 g/mol. The molecular formula is C8H17NO2. The summed E-state index contributed by atoms with van der Waals surface area (Å²) in [4.78, 5) is 11.2. The Labute approximate surface area is 67.9 Å². The van der Waals surface area contributed by atoms with Crippen LogP contribution < -0.4 is 5.73 Å². The van der Waals surface area contributed by atoms with Crippen molar-refractivity contribution in [3.8, 4) is 0 Å². The van der Waals surface area contributed by atoms with Crippen molar-refractivity contribution in [3.05, 3.63) is 0 Å². The maximum Gasteiger partial charge on any atom is 0.326 e. The van der Waals surface area contributed by atoms with Crippen LogP contribution in [0, 0.1) is 5.92 Å². The minimum atomic E-state index is -0.851. The third-order valence-electron chi connectivity index (χ3n) is 1.91. The van der Waals surface area contributed by atoms with Gasteiger partial charge in [0.1, 0.15) is 5.54 Å². The van der Waals surface area contributed by atoms with Crippen molar-refractivity contribution in [2.45, 2.75) is 33.2 Å². The summed E-state index contributed by atoms with van der Waals surface area (Å²) in [6.07, 6.45) is 0. The van der Waals surface area contributed by atoms with Crippen molar-refractivity contribution in [1.82, 2.24) is 0 Å². The summed E-state index contributed by atoms with van der Waals surface area (Å²) in [6, 6.07) is 0. The summed E-state index contributed by atoms with van der Waals surface area (Å²) in [5.41, 5.74) is 4.86. The Morgan fingerprint density at radius 3 is 2.36 bits per heavy atom. The fraction of sp³-hybridized carbons (Fsp3) is 0.875. The maximum absolute atomic E-state index is 11.2. The van der Waals surface area contributed by atoms with Crippen LogP contribution in [-0.4, -0.2) is 18.1 Å². The zero-order valence-corrected chi connectivity index (χ0v) is 7.68. The molecule has 0 rings (SSSR count). The molecule has 0 spiro atoms. The average Bonchev–Trinajstić information content (AvgIpc) is 1.88. The molecule has 0 aliphatic heterocycles. The van der Waals surface area contributed by atoms with Crippen LogP contribution in [0.1, 0.15) is 27.7 Å². The summed E-state index contributed by atoms with van der Waals surface area (Å²) in [7, 11) is 0. The molecule has 3 nitrogen and oxygen atoms in total. The van der Waals surface area contributed by atoms with E-state index in [0.717, 1.165) is 0 Å². The second-order valence-corrected chi connectivity index (χ2v) is 3.16. The lowest BCUT2D eigenvalue weighted by Gasteiger charge is -2.25. The highest BCUT2D eigenvalue weighted by Gasteiger charge is 2.33. The number of carbonyl (C=O) groups is 1. The Morgan fingerprint density at radius 2 is 2.09 bits per heavy atom. The highest BCUT2D eigenvalue weighted by molar-refractivity contribution is 5.80. The smallest absolute Gasteiger partial charge is 0.326 e. The first kappa shape index (κ1) is 10.4. The van der Waals surface area contributed by atoms with Gasteiger partial charge in [-0.2, -0.15) is 0 Å². The molecule has 0 saturated carbocycles. The van der Waals surface area contributed by atoms with E-state index >= 15 is 0 Å². The number of esters is 1. The van der Waals surface area contributed by atoms with Crippen molar-refractivity contribution in [3.63, 3.8) is 0 Å². The number of nitrogens with two attached hydrogens (primary N) is 1. The first-order chi connectivity index (χ1) is 4.92. The Bertz CT molecular complexity index is 141. The fourth-order valence-corrected chi connectivity index (χ4v) is 0.522. The summed E-state index contributed by atoms with van der Waals surface area (Å²) >= 11 is 0. The van der Waals surface area contributed by atoms with Gasteiger partial charge in [-0.1, -0.05) is 13.8 Å². The van der Waals surface area contributed by atoms with Gasteiger partial charge in [-0.15, -0.1) is 0 Å². The summed E-state index contributed by atoms with van der Waals surface area (Å²) in [5.74, 6) is -0.225. The van der Waals surface area contributed by atoms with E-state index in [1.807, 2.05) is 13.8 Å². The van der Waals surface area contributed by atoms with Crippen LogP contribution in [0.4, 0.5) is 0 Å². The third-order valence-corrected chi connectivity index (χ3v) is 1.91. The number of carbonyl (C=O) groups excluding carboxylic acids is 1. The number of hydrogen-bond donors (Lipinski definition) is 1. The Kier molecular flexibility index (Phi) is 3.52. The zero-order chi connectivity index (χ0) is 9.07. The monoisotopic (exact) mass is 159 g/mol. The van der Waals surface area contributed by atoms with Crippen LogP contribution in [0.3, 0.4) is 0 Å².